The van der Waals surface area contributed by atoms with Crippen molar-refractivity contribution in [2.24, 2.45) is 0 Å². The number of rotatable bonds is 4. The SMILES string of the molecule is CCc1nc(N2CC(C)OC(COC)C2)c2ccsc2n1. The zero-order valence-electron chi connectivity index (χ0n) is 12.7. The van der Waals surface area contributed by atoms with E-state index in [-0.39, 0.29) is 12.2 Å². The number of fused-ring (bicyclic) bond motifs is 1. The summed E-state index contributed by atoms with van der Waals surface area (Å²) in [5.74, 6) is 1.94. The molecule has 1 fully saturated rings. The summed E-state index contributed by atoms with van der Waals surface area (Å²) in [6, 6.07) is 2.11. The van der Waals surface area contributed by atoms with Gasteiger partial charge in [-0.2, -0.15) is 0 Å². The Morgan fingerprint density at radius 3 is 3.05 bits per heavy atom. The zero-order valence-corrected chi connectivity index (χ0v) is 13.5. The first-order valence-corrected chi connectivity index (χ1v) is 8.22. The fourth-order valence-corrected chi connectivity index (χ4v) is 3.56. The van der Waals surface area contributed by atoms with E-state index in [2.05, 4.69) is 35.2 Å². The molecule has 6 heteroatoms. The van der Waals surface area contributed by atoms with Gasteiger partial charge in [0.1, 0.15) is 16.5 Å². The number of nitrogens with zero attached hydrogens (tertiary/aromatic N) is 3. The van der Waals surface area contributed by atoms with E-state index in [0.29, 0.717) is 6.61 Å². The van der Waals surface area contributed by atoms with Crippen LogP contribution in [-0.4, -0.2) is 49.0 Å². The number of anilines is 1. The molecule has 3 rings (SSSR count). The molecular weight excluding hydrogens is 286 g/mol. The molecule has 0 saturated carbocycles. The topological polar surface area (TPSA) is 47.5 Å². The van der Waals surface area contributed by atoms with E-state index >= 15 is 0 Å². The standard InChI is InChI=1S/C15H21N3O2S/c1-4-13-16-14(12-5-6-21-15(12)17-13)18-7-10(2)20-11(8-18)9-19-3/h5-6,10-11H,4,7-9H2,1-3H3. The second kappa shape index (κ2) is 6.25. The van der Waals surface area contributed by atoms with Crippen molar-refractivity contribution in [3.05, 3.63) is 17.3 Å². The van der Waals surface area contributed by atoms with E-state index in [1.807, 2.05) is 0 Å². The van der Waals surface area contributed by atoms with Crippen LogP contribution in [0.2, 0.25) is 0 Å². The maximum absolute atomic E-state index is 5.92. The molecule has 3 heterocycles. The van der Waals surface area contributed by atoms with Gasteiger partial charge in [0.05, 0.1) is 24.2 Å². The second-order valence-corrected chi connectivity index (χ2v) is 6.28. The lowest BCUT2D eigenvalue weighted by Gasteiger charge is -2.37. The highest BCUT2D eigenvalue weighted by Gasteiger charge is 2.27. The quantitative estimate of drug-likeness (QED) is 0.868. The summed E-state index contributed by atoms with van der Waals surface area (Å²) < 4.78 is 11.2. The van der Waals surface area contributed by atoms with Gasteiger partial charge in [-0.05, 0) is 18.4 Å². The predicted molar refractivity (Wildman–Crippen MR) is 85.2 cm³/mol. The Morgan fingerprint density at radius 2 is 2.29 bits per heavy atom. The Kier molecular flexibility index (Phi) is 4.37. The number of aromatic nitrogens is 2. The monoisotopic (exact) mass is 307 g/mol. The van der Waals surface area contributed by atoms with Gasteiger partial charge in [-0.3, -0.25) is 0 Å². The van der Waals surface area contributed by atoms with Crippen LogP contribution in [0.25, 0.3) is 10.2 Å². The molecule has 0 N–H and O–H groups in total. The van der Waals surface area contributed by atoms with Crippen LogP contribution in [0.1, 0.15) is 19.7 Å². The Balaban J connectivity index is 1.96. The van der Waals surface area contributed by atoms with Gasteiger partial charge in [0.15, 0.2) is 0 Å². The van der Waals surface area contributed by atoms with Gasteiger partial charge >= 0.3 is 0 Å². The molecule has 2 aromatic rings. The molecule has 2 unspecified atom stereocenters. The van der Waals surface area contributed by atoms with Gasteiger partial charge in [-0.25, -0.2) is 9.97 Å². The van der Waals surface area contributed by atoms with Gasteiger partial charge in [0.2, 0.25) is 0 Å². The molecule has 0 aliphatic carbocycles. The summed E-state index contributed by atoms with van der Waals surface area (Å²) in [4.78, 5) is 12.8. The fraction of sp³-hybridized carbons (Fsp3) is 0.600. The molecule has 0 bridgehead atoms. The summed E-state index contributed by atoms with van der Waals surface area (Å²) in [7, 11) is 1.71. The smallest absolute Gasteiger partial charge is 0.141 e. The lowest BCUT2D eigenvalue weighted by molar-refractivity contribution is -0.0512. The van der Waals surface area contributed by atoms with Gasteiger partial charge in [-0.1, -0.05) is 6.92 Å². The molecule has 1 saturated heterocycles. The van der Waals surface area contributed by atoms with Crippen molar-refractivity contribution >= 4 is 27.4 Å². The maximum atomic E-state index is 5.92. The van der Waals surface area contributed by atoms with Crippen molar-refractivity contribution < 1.29 is 9.47 Å². The van der Waals surface area contributed by atoms with Crippen LogP contribution in [0.4, 0.5) is 5.82 Å². The van der Waals surface area contributed by atoms with E-state index in [9.17, 15) is 0 Å². The van der Waals surface area contributed by atoms with Gasteiger partial charge in [-0.15, -0.1) is 11.3 Å². The molecule has 1 aliphatic heterocycles. The molecule has 114 valence electrons. The van der Waals surface area contributed by atoms with E-state index in [0.717, 1.165) is 41.4 Å². The van der Waals surface area contributed by atoms with E-state index in [1.54, 1.807) is 18.4 Å². The maximum Gasteiger partial charge on any atom is 0.141 e. The Labute approximate surface area is 128 Å². The highest BCUT2D eigenvalue weighted by molar-refractivity contribution is 7.16. The Morgan fingerprint density at radius 1 is 1.43 bits per heavy atom. The first-order chi connectivity index (χ1) is 10.2. The van der Waals surface area contributed by atoms with Crippen molar-refractivity contribution in [1.82, 2.24) is 9.97 Å². The van der Waals surface area contributed by atoms with Crippen LogP contribution < -0.4 is 4.90 Å². The normalized spacial score (nSPS) is 22.9. The summed E-state index contributed by atoms with van der Waals surface area (Å²) in [5, 5.41) is 3.22. The first-order valence-electron chi connectivity index (χ1n) is 7.34. The second-order valence-electron chi connectivity index (χ2n) is 5.39. The Hall–Kier alpha value is -1.24. The molecule has 0 amide bonds. The molecule has 2 aromatic heterocycles. The number of ether oxygens (including phenoxy) is 2. The van der Waals surface area contributed by atoms with Gasteiger partial charge in [0.25, 0.3) is 0 Å². The number of aryl methyl sites for hydroxylation is 1. The third kappa shape index (κ3) is 3.02. The van der Waals surface area contributed by atoms with Crippen molar-refractivity contribution in [2.75, 3.05) is 31.7 Å². The van der Waals surface area contributed by atoms with Crippen LogP contribution in [0.3, 0.4) is 0 Å². The molecular formula is C15H21N3O2S. The minimum absolute atomic E-state index is 0.0903. The predicted octanol–water partition coefficient (Wildman–Crippen LogP) is 2.49. The average Bonchev–Trinajstić information content (AvgIpc) is 2.94. The number of hydrogen-bond donors (Lipinski definition) is 0. The molecule has 21 heavy (non-hydrogen) atoms. The van der Waals surface area contributed by atoms with Crippen LogP contribution in [0, 0.1) is 0 Å². The third-order valence-corrected chi connectivity index (χ3v) is 4.45. The van der Waals surface area contributed by atoms with Gasteiger partial charge in [0, 0.05) is 26.6 Å². The minimum atomic E-state index is 0.0903. The Bertz CT molecular complexity index is 616. The van der Waals surface area contributed by atoms with Crippen LogP contribution in [-0.2, 0) is 15.9 Å². The van der Waals surface area contributed by atoms with Crippen molar-refractivity contribution in [2.45, 2.75) is 32.5 Å². The first kappa shape index (κ1) is 14.7. The number of methoxy groups -OCH3 is 1. The van der Waals surface area contributed by atoms with Gasteiger partial charge < -0.3 is 14.4 Å². The molecule has 5 nitrogen and oxygen atoms in total. The highest BCUT2D eigenvalue weighted by atomic mass is 32.1. The van der Waals surface area contributed by atoms with E-state index in [1.165, 1.54) is 0 Å². The van der Waals surface area contributed by atoms with Crippen molar-refractivity contribution in [3.63, 3.8) is 0 Å². The zero-order chi connectivity index (χ0) is 14.8. The average molecular weight is 307 g/mol. The van der Waals surface area contributed by atoms with Crippen LogP contribution in [0.15, 0.2) is 11.4 Å². The fourth-order valence-electron chi connectivity index (χ4n) is 2.78. The molecule has 0 spiro atoms. The summed E-state index contributed by atoms with van der Waals surface area (Å²) in [5.41, 5.74) is 0. The molecule has 1 aliphatic rings. The summed E-state index contributed by atoms with van der Waals surface area (Å²) in [6.45, 7) is 6.46. The third-order valence-electron chi connectivity index (χ3n) is 3.65. The molecule has 0 radical (unpaired) electrons. The lowest BCUT2D eigenvalue weighted by atomic mass is 10.2. The van der Waals surface area contributed by atoms with Crippen molar-refractivity contribution in [1.29, 1.82) is 0 Å². The largest absolute Gasteiger partial charge is 0.382 e. The molecule has 0 aromatic carbocycles. The van der Waals surface area contributed by atoms with E-state index in [4.69, 9.17) is 14.5 Å². The van der Waals surface area contributed by atoms with Crippen molar-refractivity contribution in [3.8, 4) is 0 Å². The van der Waals surface area contributed by atoms with Crippen LogP contribution in [0.5, 0.6) is 0 Å². The number of thiophene rings is 1. The summed E-state index contributed by atoms with van der Waals surface area (Å²) >= 11 is 1.67. The van der Waals surface area contributed by atoms with E-state index < -0.39 is 0 Å². The molecule has 2 atom stereocenters. The minimum Gasteiger partial charge on any atom is -0.382 e. The highest BCUT2D eigenvalue weighted by Crippen LogP contribution is 2.30. The number of hydrogen-bond acceptors (Lipinski definition) is 6. The number of morpholine rings is 1. The van der Waals surface area contributed by atoms with Crippen LogP contribution >= 0.6 is 11.3 Å². The summed E-state index contributed by atoms with van der Waals surface area (Å²) in [6.07, 6.45) is 1.11. The lowest BCUT2D eigenvalue weighted by Crippen LogP contribution is -2.48.